The summed E-state index contributed by atoms with van der Waals surface area (Å²) in [6.45, 7) is 1.50. The van der Waals surface area contributed by atoms with Crippen LogP contribution >= 0.6 is 0 Å². The Kier molecular flexibility index (Phi) is 5.10. The van der Waals surface area contributed by atoms with Gasteiger partial charge >= 0.3 is 0 Å². The van der Waals surface area contributed by atoms with Crippen molar-refractivity contribution in [2.45, 2.75) is 25.7 Å². The van der Waals surface area contributed by atoms with Gasteiger partial charge in [-0.3, -0.25) is 9.59 Å². The predicted octanol–water partition coefficient (Wildman–Crippen LogP) is 1.42. The van der Waals surface area contributed by atoms with E-state index in [2.05, 4.69) is 5.32 Å². The van der Waals surface area contributed by atoms with Crippen LogP contribution in [0, 0.1) is 5.92 Å². The second-order valence-corrected chi connectivity index (χ2v) is 8.60. The van der Waals surface area contributed by atoms with Crippen LogP contribution in [0.5, 0.6) is 0 Å². The third kappa shape index (κ3) is 4.19. The number of hydrogen-bond acceptors (Lipinski definition) is 4. The van der Waals surface area contributed by atoms with Crippen molar-refractivity contribution in [3.8, 4) is 0 Å². The van der Waals surface area contributed by atoms with Gasteiger partial charge in [-0.15, -0.1) is 0 Å². The Bertz CT molecular complexity index is 753. The lowest BCUT2D eigenvalue weighted by Gasteiger charge is -2.29. The number of rotatable bonds is 4. The van der Waals surface area contributed by atoms with Gasteiger partial charge in [0.25, 0.3) is 0 Å². The first-order valence-corrected chi connectivity index (χ1v) is 10.4. The van der Waals surface area contributed by atoms with Crippen molar-refractivity contribution in [1.29, 1.82) is 0 Å². The summed E-state index contributed by atoms with van der Waals surface area (Å²) in [6.07, 6.45) is 3.72. The molecule has 0 aliphatic carbocycles. The predicted molar refractivity (Wildman–Crippen MR) is 95.8 cm³/mol. The lowest BCUT2D eigenvalue weighted by molar-refractivity contribution is -0.121. The van der Waals surface area contributed by atoms with Crippen LogP contribution in [0.4, 0.5) is 11.4 Å². The van der Waals surface area contributed by atoms with Crippen molar-refractivity contribution in [3.63, 3.8) is 0 Å². The number of benzene rings is 1. The molecule has 1 N–H and O–H groups in total. The molecule has 2 heterocycles. The molecule has 2 aliphatic rings. The van der Waals surface area contributed by atoms with Gasteiger partial charge < -0.3 is 10.2 Å². The minimum atomic E-state index is -3.18. The number of anilines is 2. The minimum absolute atomic E-state index is 0.0850. The highest BCUT2D eigenvalue weighted by atomic mass is 32.2. The number of nitrogens with zero attached hydrogens (tertiary/aromatic N) is 2. The average molecular weight is 365 g/mol. The summed E-state index contributed by atoms with van der Waals surface area (Å²) < 4.78 is 24.4. The minimum Gasteiger partial charge on any atom is -0.326 e. The van der Waals surface area contributed by atoms with E-state index in [0.29, 0.717) is 38.0 Å². The summed E-state index contributed by atoms with van der Waals surface area (Å²) >= 11 is 0. The molecule has 1 aromatic rings. The maximum atomic E-state index is 12.4. The molecule has 3 rings (SSSR count). The van der Waals surface area contributed by atoms with Crippen molar-refractivity contribution in [2.75, 3.05) is 36.1 Å². The van der Waals surface area contributed by atoms with Crippen LogP contribution < -0.4 is 10.2 Å². The Hall–Kier alpha value is -1.93. The molecule has 0 atom stereocenters. The molecule has 0 saturated carbocycles. The van der Waals surface area contributed by atoms with Gasteiger partial charge in [0.15, 0.2) is 0 Å². The number of amides is 2. The molecule has 0 aromatic heterocycles. The summed E-state index contributed by atoms with van der Waals surface area (Å²) in [5, 5.41) is 2.88. The molecular formula is C17H23N3O4S. The van der Waals surface area contributed by atoms with Gasteiger partial charge in [0.05, 0.1) is 6.26 Å². The maximum absolute atomic E-state index is 12.4. The first-order chi connectivity index (χ1) is 11.8. The Balaban J connectivity index is 1.56. The van der Waals surface area contributed by atoms with Crippen LogP contribution in [0.15, 0.2) is 24.3 Å². The molecule has 8 heteroatoms. The van der Waals surface area contributed by atoms with Gasteiger partial charge in [0.2, 0.25) is 21.8 Å². The Labute approximate surface area is 148 Å². The molecule has 7 nitrogen and oxygen atoms in total. The third-order valence-corrected chi connectivity index (χ3v) is 6.12. The first-order valence-electron chi connectivity index (χ1n) is 8.51. The number of carbonyl (C=O) groups is 2. The monoisotopic (exact) mass is 365 g/mol. The quantitative estimate of drug-likeness (QED) is 0.874. The molecule has 0 bridgehead atoms. The van der Waals surface area contributed by atoms with Crippen molar-refractivity contribution < 1.29 is 18.0 Å². The molecular weight excluding hydrogens is 342 g/mol. The molecule has 25 heavy (non-hydrogen) atoms. The van der Waals surface area contributed by atoms with E-state index in [0.717, 1.165) is 18.7 Å². The number of nitrogens with one attached hydrogen (secondary N) is 1. The second kappa shape index (κ2) is 7.13. The summed E-state index contributed by atoms with van der Waals surface area (Å²) in [5.74, 6) is -0.134. The zero-order valence-corrected chi connectivity index (χ0v) is 15.1. The van der Waals surface area contributed by atoms with Gasteiger partial charge in [-0.2, -0.15) is 0 Å². The normalized spacial score (nSPS) is 20.0. The number of sulfonamides is 1. The van der Waals surface area contributed by atoms with E-state index < -0.39 is 10.0 Å². The van der Waals surface area contributed by atoms with Crippen LogP contribution in [0.1, 0.15) is 25.7 Å². The molecule has 2 amide bonds. The fourth-order valence-corrected chi connectivity index (χ4v) is 4.21. The highest BCUT2D eigenvalue weighted by molar-refractivity contribution is 7.88. The summed E-state index contributed by atoms with van der Waals surface area (Å²) in [4.78, 5) is 25.9. The number of hydrogen-bond donors (Lipinski definition) is 1. The van der Waals surface area contributed by atoms with Gasteiger partial charge in [-0.25, -0.2) is 12.7 Å². The molecule has 0 spiro atoms. The van der Waals surface area contributed by atoms with E-state index in [1.54, 1.807) is 17.0 Å². The zero-order valence-electron chi connectivity index (χ0n) is 14.3. The smallest absolute Gasteiger partial charge is 0.227 e. The zero-order chi connectivity index (χ0) is 18.0. The molecule has 0 radical (unpaired) electrons. The highest BCUT2D eigenvalue weighted by Crippen LogP contribution is 2.24. The molecule has 0 unspecified atom stereocenters. The summed E-state index contributed by atoms with van der Waals surface area (Å²) in [5.41, 5.74) is 1.54. The van der Waals surface area contributed by atoms with Crippen LogP contribution in [0.3, 0.4) is 0 Å². The number of carbonyl (C=O) groups excluding carboxylic acids is 2. The SMILES string of the molecule is CS(=O)(=O)N1CCC(C(=O)Nc2ccc(N3CCCC3=O)cc2)CC1. The van der Waals surface area contributed by atoms with Gasteiger partial charge in [-0.1, -0.05) is 0 Å². The average Bonchev–Trinajstić information content (AvgIpc) is 3.01. The van der Waals surface area contributed by atoms with Crippen LogP contribution in [0.2, 0.25) is 0 Å². The van der Waals surface area contributed by atoms with Crippen LogP contribution in [-0.2, 0) is 19.6 Å². The first kappa shape index (κ1) is 17.9. The van der Waals surface area contributed by atoms with Crippen molar-refractivity contribution in [3.05, 3.63) is 24.3 Å². The molecule has 2 fully saturated rings. The second-order valence-electron chi connectivity index (χ2n) is 6.62. The Morgan fingerprint density at radius 3 is 2.28 bits per heavy atom. The van der Waals surface area contributed by atoms with Gasteiger partial charge in [-0.05, 0) is 43.5 Å². The summed E-state index contributed by atoms with van der Waals surface area (Å²) in [6, 6.07) is 7.27. The topological polar surface area (TPSA) is 86.8 Å². The van der Waals surface area contributed by atoms with Gasteiger partial charge in [0, 0.05) is 43.3 Å². The molecule has 2 saturated heterocycles. The lowest BCUT2D eigenvalue weighted by Crippen LogP contribution is -2.40. The highest BCUT2D eigenvalue weighted by Gasteiger charge is 2.29. The van der Waals surface area contributed by atoms with Crippen LogP contribution in [-0.4, -0.2) is 50.4 Å². The fraction of sp³-hybridized carbons (Fsp3) is 0.529. The summed E-state index contributed by atoms with van der Waals surface area (Å²) in [7, 11) is -3.18. The van der Waals surface area contributed by atoms with Crippen molar-refractivity contribution in [1.82, 2.24) is 4.31 Å². The molecule has 1 aromatic carbocycles. The van der Waals surface area contributed by atoms with E-state index in [1.165, 1.54) is 10.6 Å². The van der Waals surface area contributed by atoms with Gasteiger partial charge in [0.1, 0.15) is 0 Å². The Morgan fingerprint density at radius 1 is 1.12 bits per heavy atom. The van der Waals surface area contributed by atoms with Crippen molar-refractivity contribution >= 4 is 33.2 Å². The van der Waals surface area contributed by atoms with Crippen LogP contribution in [0.25, 0.3) is 0 Å². The molecule has 2 aliphatic heterocycles. The third-order valence-electron chi connectivity index (χ3n) is 4.81. The Morgan fingerprint density at radius 2 is 1.76 bits per heavy atom. The maximum Gasteiger partial charge on any atom is 0.227 e. The lowest BCUT2D eigenvalue weighted by atomic mass is 9.97. The van der Waals surface area contributed by atoms with E-state index in [-0.39, 0.29) is 17.7 Å². The number of piperidine rings is 1. The van der Waals surface area contributed by atoms with E-state index in [9.17, 15) is 18.0 Å². The largest absolute Gasteiger partial charge is 0.326 e. The standard InChI is InChI=1S/C17H23N3O4S/c1-25(23,24)19-11-8-13(9-12-19)17(22)18-14-4-6-15(7-5-14)20-10-2-3-16(20)21/h4-7,13H,2-3,8-12H2,1H3,(H,18,22). The van der Waals surface area contributed by atoms with Crippen molar-refractivity contribution in [2.24, 2.45) is 5.92 Å². The molecule has 136 valence electrons. The fourth-order valence-electron chi connectivity index (χ4n) is 3.34. The van der Waals surface area contributed by atoms with E-state index >= 15 is 0 Å². The van der Waals surface area contributed by atoms with E-state index in [1.807, 2.05) is 12.1 Å². The van der Waals surface area contributed by atoms with E-state index in [4.69, 9.17) is 0 Å².